The van der Waals surface area contributed by atoms with Gasteiger partial charge in [-0.05, 0) is 17.4 Å². The highest BCUT2D eigenvalue weighted by Gasteiger charge is 2.20. The number of aliphatic imine (C=N–C) groups is 1. The van der Waals surface area contributed by atoms with Crippen LogP contribution in [0.5, 0.6) is 0 Å². The van der Waals surface area contributed by atoms with E-state index < -0.39 is 0 Å². The van der Waals surface area contributed by atoms with E-state index in [0.717, 1.165) is 70.6 Å². The van der Waals surface area contributed by atoms with Crippen LogP contribution in [0.15, 0.2) is 28.8 Å². The van der Waals surface area contributed by atoms with E-state index in [1.165, 1.54) is 4.88 Å². The van der Waals surface area contributed by atoms with Gasteiger partial charge in [0.05, 0.1) is 0 Å². The van der Waals surface area contributed by atoms with Crippen molar-refractivity contribution < 1.29 is 0 Å². The first-order chi connectivity index (χ1) is 13.7. The van der Waals surface area contributed by atoms with E-state index in [9.17, 15) is 0 Å². The summed E-state index contributed by atoms with van der Waals surface area (Å²) in [6.45, 7) is 14.3. The lowest BCUT2D eigenvalue weighted by Crippen LogP contribution is -2.52. The van der Waals surface area contributed by atoms with Crippen LogP contribution in [0.4, 0.5) is 0 Å². The molecule has 3 rings (SSSR count). The normalized spacial score (nSPS) is 16.1. The number of hydrogen-bond donors (Lipinski definition) is 1. The van der Waals surface area contributed by atoms with E-state index in [1.54, 1.807) is 0 Å². The fourth-order valence-electron chi connectivity index (χ4n) is 3.31. The molecule has 0 bridgehead atoms. The van der Waals surface area contributed by atoms with Crippen molar-refractivity contribution >= 4 is 17.3 Å². The second-order valence-electron chi connectivity index (χ2n) is 7.62. The Balaban J connectivity index is 1.52. The number of aromatic nitrogens is 3. The average Bonchev–Trinajstić information content (AvgIpc) is 3.36. The molecule has 7 nitrogen and oxygen atoms in total. The van der Waals surface area contributed by atoms with Crippen molar-refractivity contribution in [2.45, 2.75) is 40.3 Å². The van der Waals surface area contributed by atoms with Crippen molar-refractivity contribution in [3.63, 3.8) is 0 Å². The van der Waals surface area contributed by atoms with Crippen LogP contribution in [0.2, 0.25) is 0 Å². The van der Waals surface area contributed by atoms with E-state index in [-0.39, 0.29) is 0 Å². The van der Waals surface area contributed by atoms with Gasteiger partial charge in [0.25, 0.3) is 0 Å². The first kappa shape index (κ1) is 20.8. The Bertz CT molecular complexity index is 715. The third kappa shape index (κ3) is 6.04. The van der Waals surface area contributed by atoms with E-state index in [4.69, 9.17) is 4.99 Å². The minimum atomic E-state index is 0.557. The summed E-state index contributed by atoms with van der Waals surface area (Å²) in [6, 6.07) is 4.36. The molecular weight excluding hydrogens is 370 g/mol. The fourth-order valence-corrected chi connectivity index (χ4v) is 4.05. The Hall–Kier alpha value is -1.93. The topological polar surface area (TPSA) is 61.6 Å². The molecule has 0 aromatic carbocycles. The number of rotatable bonds is 8. The Morgan fingerprint density at radius 2 is 2.11 bits per heavy atom. The maximum Gasteiger partial charge on any atom is 0.194 e. The molecule has 154 valence electrons. The number of nitrogens with zero attached hydrogens (tertiary/aromatic N) is 6. The van der Waals surface area contributed by atoms with Gasteiger partial charge in [0, 0.05) is 63.7 Å². The van der Waals surface area contributed by atoms with Crippen molar-refractivity contribution in [2.75, 3.05) is 39.3 Å². The first-order valence-corrected chi connectivity index (χ1v) is 11.2. The lowest BCUT2D eigenvalue weighted by molar-refractivity contribution is 0.173. The summed E-state index contributed by atoms with van der Waals surface area (Å²) in [4.78, 5) is 11.3. The number of guanidine groups is 1. The van der Waals surface area contributed by atoms with E-state index in [0.29, 0.717) is 5.92 Å². The molecule has 1 fully saturated rings. The summed E-state index contributed by atoms with van der Waals surface area (Å²) in [5, 5.41) is 13.9. The quantitative estimate of drug-likeness (QED) is 0.541. The molecule has 0 radical (unpaired) electrons. The molecule has 1 aliphatic rings. The largest absolute Gasteiger partial charge is 0.354 e. The van der Waals surface area contributed by atoms with Crippen LogP contribution in [0, 0.1) is 5.92 Å². The van der Waals surface area contributed by atoms with Gasteiger partial charge in [-0.25, -0.2) is 0 Å². The molecule has 2 aromatic rings. The average molecular weight is 404 g/mol. The third-order valence-electron chi connectivity index (χ3n) is 4.89. The van der Waals surface area contributed by atoms with Gasteiger partial charge in [-0.15, -0.1) is 21.5 Å². The van der Waals surface area contributed by atoms with Crippen LogP contribution in [0.1, 0.15) is 31.5 Å². The number of thiophene rings is 1. The number of hydrogen-bond acceptors (Lipinski definition) is 5. The van der Waals surface area contributed by atoms with Gasteiger partial charge in [0.2, 0.25) is 0 Å². The van der Waals surface area contributed by atoms with E-state index in [1.807, 2.05) is 17.7 Å². The molecule has 0 amide bonds. The minimum Gasteiger partial charge on any atom is -0.354 e. The van der Waals surface area contributed by atoms with Gasteiger partial charge in [-0.1, -0.05) is 26.8 Å². The van der Waals surface area contributed by atoms with Crippen molar-refractivity contribution in [3.8, 4) is 0 Å². The van der Waals surface area contributed by atoms with Crippen LogP contribution < -0.4 is 5.32 Å². The second-order valence-corrected chi connectivity index (χ2v) is 8.65. The molecule has 0 atom stereocenters. The molecular formula is C20H33N7S. The highest BCUT2D eigenvalue weighted by Crippen LogP contribution is 2.13. The summed E-state index contributed by atoms with van der Waals surface area (Å²) in [5.41, 5.74) is 0. The van der Waals surface area contributed by atoms with Crippen LogP contribution in [0.25, 0.3) is 0 Å². The first-order valence-electron chi connectivity index (χ1n) is 10.3. The predicted molar refractivity (Wildman–Crippen MR) is 116 cm³/mol. The highest BCUT2D eigenvalue weighted by atomic mass is 32.1. The molecule has 1 saturated heterocycles. The SMILES string of the molecule is CCc1nncn1CCNC(=NCC(C)C)N1CCN(Cc2cccs2)CC1. The standard InChI is InChI=1S/C20H33N7S/c1-4-19-24-23-16-27(19)8-7-21-20(22-14-17(2)3)26-11-9-25(10-12-26)15-18-6-5-13-28-18/h5-6,13,16-17H,4,7-12,14-15H2,1-3H3,(H,21,22). The molecule has 0 spiro atoms. The number of nitrogens with one attached hydrogen (secondary N) is 1. The van der Waals surface area contributed by atoms with Crippen molar-refractivity contribution in [3.05, 3.63) is 34.5 Å². The van der Waals surface area contributed by atoms with E-state index >= 15 is 0 Å². The van der Waals surface area contributed by atoms with Gasteiger partial charge in [0.1, 0.15) is 12.2 Å². The predicted octanol–water partition coefficient (Wildman–Crippen LogP) is 2.32. The zero-order chi connectivity index (χ0) is 19.8. The Morgan fingerprint density at radius 3 is 2.79 bits per heavy atom. The maximum absolute atomic E-state index is 4.88. The number of aryl methyl sites for hydroxylation is 1. The molecule has 8 heteroatoms. The van der Waals surface area contributed by atoms with Crippen LogP contribution in [-0.2, 0) is 19.5 Å². The zero-order valence-electron chi connectivity index (χ0n) is 17.3. The van der Waals surface area contributed by atoms with Crippen molar-refractivity contribution in [2.24, 2.45) is 10.9 Å². The molecule has 28 heavy (non-hydrogen) atoms. The maximum atomic E-state index is 4.88. The summed E-state index contributed by atoms with van der Waals surface area (Å²) in [7, 11) is 0. The lowest BCUT2D eigenvalue weighted by Gasteiger charge is -2.36. The Kier molecular flexibility index (Phi) is 7.85. The second kappa shape index (κ2) is 10.6. The zero-order valence-corrected chi connectivity index (χ0v) is 18.2. The molecule has 0 aliphatic carbocycles. The van der Waals surface area contributed by atoms with Crippen LogP contribution in [-0.4, -0.2) is 69.8 Å². The van der Waals surface area contributed by atoms with Gasteiger partial charge in [-0.3, -0.25) is 9.89 Å². The minimum absolute atomic E-state index is 0.557. The smallest absolute Gasteiger partial charge is 0.194 e. The van der Waals surface area contributed by atoms with Crippen molar-refractivity contribution in [1.82, 2.24) is 29.9 Å². The third-order valence-corrected chi connectivity index (χ3v) is 5.75. The molecule has 1 aliphatic heterocycles. The lowest BCUT2D eigenvalue weighted by atomic mass is 10.2. The van der Waals surface area contributed by atoms with Gasteiger partial charge < -0.3 is 14.8 Å². The molecule has 2 aromatic heterocycles. The van der Waals surface area contributed by atoms with Gasteiger partial charge >= 0.3 is 0 Å². The van der Waals surface area contributed by atoms with Crippen molar-refractivity contribution in [1.29, 1.82) is 0 Å². The number of piperazine rings is 1. The summed E-state index contributed by atoms with van der Waals surface area (Å²) < 4.78 is 2.12. The molecule has 3 heterocycles. The Labute approximate surface area is 172 Å². The van der Waals surface area contributed by atoms with Gasteiger partial charge in [-0.2, -0.15) is 0 Å². The summed E-state index contributed by atoms with van der Waals surface area (Å²) >= 11 is 1.84. The highest BCUT2D eigenvalue weighted by molar-refractivity contribution is 7.09. The van der Waals surface area contributed by atoms with Gasteiger partial charge in [0.15, 0.2) is 5.96 Å². The molecule has 0 unspecified atom stereocenters. The monoisotopic (exact) mass is 403 g/mol. The van der Waals surface area contributed by atoms with Crippen LogP contribution in [0.3, 0.4) is 0 Å². The van der Waals surface area contributed by atoms with Crippen LogP contribution >= 0.6 is 11.3 Å². The molecule has 0 saturated carbocycles. The summed E-state index contributed by atoms with van der Waals surface area (Å²) in [5.74, 6) is 2.63. The van der Waals surface area contributed by atoms with E-state index in [2.05, 4.69) is 68.2 Å². The fraction of sp³-hybridized carbons (Fsp3) is 0.650. The summed E-state index contributed by atoms with van der Waals surface area (Å²) in [6.07, 6.45) is 2.72. The molecule has 1 N–H and O–H groups in total. The Morgan fingerprint density at radius 1 is 1.29 bits per heavy atom.